The number of methoxy groups -OCH3 is 1. The van der Waals surface area contributed by atoms with E-state index in [1.54, 1.807) is 7.11 Å². The van der Waals surface area contributed by atoms with Gasteiger partial charge in [0.2, 0.25) is 0 Å². The molecule has 1 spiro atoms. The molecule has 1 N–H and O–H groups in total. The third-order valence-electron chi connectivity index (χ3n) is 4.62. The first-order valence-corrected chi connectivity index (χ1v) is 9.15. The van der Waals surface area contributed by atoms with Crippen LogP contribution < -0.4 is 10.1 Å². The van der Waals surface area contributed by atoms with Gasteiger partial charge in [0.15, 0.2) is 0 Å². The number of rotatable bonds is 4. The predicted molar refractivity (Wildman–Crippen MR) is 92.2 cm³/mol. The van der Waals surface area contributed by atoms with Gasteiger partial charge in [-0.1, -0.05) is 12.8 Å². The van der Waals surface area contributed by atoms with E-state index in [9.17, 15) is 0 Å². The van der Waals surface area contributed by atoms with Crippen LogP contribution in [0.15, 0.2) is 21.1 Å². The quantitative estimate of drug-likeness (QED) is 0.735. The molecule has 1 heterocycles. The second-order valence-corrected chi connectivity index (χ2v) is 7.72. The molecule has 116 valence electrons. The SMILES string of the molecule is COc1cc(NCC2CCC3(CCCC3)O2)c(Br)cc1Br. The Morgan fingerprint density at radius 1 is 1.24 bits per heavy atom. The largest absolute Gasteiger partial charge is 0.495 e. The second-order valence-electron chi connectivity index (χ2n) is 6.02. The number of hydrogen-bond acceptors (Lipinski definition) is 3. The van der Waals surface area contributed by atoms with Gasteiger partial charge < -0.3 is 14.8 Å². The Kier molecular flexibility index (Phi) is 4.81. The average Bonchev–Trinajstić information content (AvgIpc) is 3.09. The van der Waals surface area contributed by atoms with Crippen molar-refractivity contribution in [2.45, 2.75) is 50.2 Å². The molecule has 0 amide bonds. The molecular formula is C16H21Br2NO2. The van der Waals surface area contributed by atoms with Crippen molar-refractivity contribution in [3.05, 3.63) is 21.1 Å². The van der Waals surface area contributed by atoms with Crippen LogP contribution in [0.4, 0.5) is 5.69 Å². The van der Waals surface area contributed by atoms with Gasteiger partial charge in [-0.05, 0) is 63.6 Å². The lowest BCUT2D eigenvalue weighted by Gasteiger charge is -2.24. The highest BCUT2D eigenvalue weighted by atomic mass is 79.9. The topological polar surface area (TPSA) is 30.5 Å². The van der Waals surface area contributed by atoms with Gasteiger partial charge in [0.25, 0.3) is 0 Å². The van der Waals surface area contributed by atoms with Crippen molar-refractivity contribution >= 4 is 37.5 Å². The van der Waals surface area contributed by atoms with E-state index < -0.39 is 0 Å². The highest BCUT2D eigenvalue weighted by molar-refractivity contribution is 9.11. The zero-order valence-electron chi connectivity index (χ0n) is 12.3. The van der Waals surface area contributed by atoms with E-state index in [0.29, 0.717) is 6.10 Å². The van der Waals surface area contributed by atoms with Crippen molar-refractivity contribution in [2.24, 2.45) is 0 Å². The Hall–Kier alpha value is -0.260. The summed E-state index contributed by atoms with van der Waals surface area (Å²) >= 11 is 7.08. The Labute approximate surface area is 143 Å². The minimum atomic E-state index is 0.209. The van der Waals surface area contributed by atoms with Crippen molar-refractivity contribution in [3.8, 4) is 5.75 Å². The fraction of sp³-hybridized carbons (Fsp3) is 0.625. The molecule has 5 heteroatoms. The lowest BCUT2D eigenvalue weighted by molar-refractivity contribution is -0.0307. The summed E-state index contributed by atoms with van der Waals surface area (Å²) < 4.78 is 13.7. The van der Waals surface area contributed by atoms with E-state index >= 15 is 0 Å². The molecule has 1 unspecified atom stereocenters. The zero-order valence-corrected chi connectivity index (χ0v) is 15.4. The molecule has 1 saturated heterocycles. The van der Waals surface area contributed by atoms with E-state index in [-0.39, 0.29) is 5.60 Å². The molecule has 1 aliphatic heterocycles. The van der Waals surface area contributed by atoms with Crippen LogP contribution in [-0.4, -0.2) is 25.4 Å². The number of ether oxygens (including phenoxy) is 2. The van der Waals surface area contributed by atoms with E-state index in [4.69, 9.17) is 9.47 Å². The molecule has 1 saturated carbocycles. The third kappa shape index (κ3) is 3.40. The summed E-state index contributed by atoms with van der Waals surface area (Å²) in [5.41, 5.74) is 1.26. The Morgan fingerprint density at radius 2 is 2.00 bits per heavy atom. The number of halogens is 2. The minimum Gasteiger partial charge on any atom is -0.495 e. The van der Waals surface area contributed by atoms with Crippen LogP contribution in [0.5, 0.6) is 5.75 Å². The number of anilines is 1. The first kappa shape index (κ1) is 15.6. The van der Waals surface area contributed by atoms with Crippen molar-refractivity contribution < 1.29 is 9.47 Å². The van der Waals surface area contributed by atoms with E-state index in [1.165, 1.54) is 32.1 Å². The van der Waals surface area contributed by atoms with Gasteiger partial charge in [-0.2, -0.15) is 0 Å². The molecule has 1 atom stereocenters. The van der Waals surface area contributed by atoms with Crippen molar-refractivity contribution in [3.63, 3.8) is 0 Å². The number of nitrogens with one attached hydrogen (secondary N) is 1. The Morgan fingerprint density at radius 3 is 2.71 bits per heavy atom. The third-order valence-corrected chi connectivity index (χ3v) is 5.89. The van der Waals surface area contributed by atoms with Crippen molar-refractivity contribution in [1.82, 2.24) is 0 Å². The molecule has 1 aromatic rings. The minimum absolute atomic E-state index is 0.209. The van der Waals surface area contributed by atoms with Crippen LogP contribution in [0.1, 0.15) is 38.5 Å². The molecule has 3 nitrogen and oxygen atoms in total. The van der Waals surface area contributed by atoms with Gasteiger partial charge in [0.05, 0.1) is 29.0 Å². The van der Waals surface area contributed by atoms with Crippen molar-refractivity contribution in [1.29, 1.82) is 0 Å². The highest BCUT2D eigenvalue weighted by Crippen LogP contribution is 2.43. The van der Waals surface area contributed by atoms with Crippen LogP contribution in [-0.2, 0) is 4.74 Å². The van der Waals surface area contributed by atoms with Crippen LogP contribution in [0.2, 0.25) is 0 Å². The van der Waals surface area contributed by atoms with E-state index in [1.807, 2.05) is 12.1 Å². The van der Waals surface area contributed by atoms with Gasteiger partial charge in [-0.25, -0.2) is 0 Å². The van der Waals surface area contributed by atoms with Crippen LogP contribution in [0.3, 0.4) is 0 Å². The maximum absolute atomic E-state index is 6.33. The Balaban J connectivity index is 1.61. The fourth-order valence-corrected chi connectivity index (χ4v) is 4.77. The molecule has 2 fully saturated rings. The maximum atomic E-state index is 6.33. The summed E-state index contributed by atoms with van der Waals surface area (Å²) in [5, 5.41) is 3.49. The summed E-state index contributed by atoms with van der Waals surface area (Å²) in [7, 11) is 1.68. The van der Waals surface area contributed by atoms with Gasteiger partial charge in [-0.15, -0.1) is 0 Å². The van der Waals surface area contributed by atoms with Gasteiger partial charge in [0, 0.05) is 17.1 Å². The standard InChI is InChI=1S/C16H21Br2NO2/c1-20-15-9-14(12(17)8-13(15)18)19-10-11-4-7-16(21-11)5-2-3-6-16/h8-9,11,19H,2-7,10H2,1H3. The van der Waals surface area contributed by atoms with Gasteiger partial charge in [0.1, 0.15) is 5.75 Å². The van der Waals surface area contributed by atoms with Crippen LogP contribution in [0, 0.1) is 0 Å². The molecule has 0 bridgehead atoms. The summed E-state index contributed by atoms with van der Waals surface area (Å²) in [6, 6.07) is 4.02. The first-order chi connectivity index (χ1) is 10.1. The smallest absolute Gasteiger partial charge is 0.135 e. The number of benzene rings is 1. The normalized spacial score (nSPS) is 23.7. The van der Waals surface area contributed by atoms with E-state index in [0.717, 1.165) is 33.3 Å². The van der Waals surface area contributed by atoms with Gasteiger partial charge >= 0.3 is 0 Å². The molecule has 1 aromatic carbocycles. The summed E-state index contributed by atoms with van der Waals surface area (Å²) in [6.45, 7) is 0.852. The fourth-order valence-electron chi connectivity index (χ4n) is 3.47. The molecule has 1 aliphatic carbocycles. The van der Waals surface area contributed by atoms with Crippen LogP contribution >= 0.6 is 31.9 Å². The maximum Gasteiger partial charge on any atom is 0.135 e. The highest BCUT2D eigenvalue weighted by Gasteiger charge is 2.41. The lowest BCUT2D eigenvalue weighted by atomic mass is 9.98. The molecular weight excluding hydrogens is 398 g/mol. The van der Waals surface area contributed by atoms with E-state index in [2.05, 4.69) is 37.2 Å². The molecule has 2 aliphatic rings. The first-order valence-electron chi connectivity index (χ1n) is 7.57. The van der Waals surface area contributed by atoms with Crippen LogP contribution in [0.25, 0.3) is 0 Å². The second kappa shape index (κ2) is 6.47. The zero-order chi connectivity index (χ0) is 14.9. The molecule has 21 heavy (non-hydrogen) atoms. The monoisotopic (exact) mass is 417 g/mol. The van der Waals surface area contributed by atoms with Gasteiger partial charge in [-0.3, -0.25) is 0 Å². The molecule has 3 rings (SSSR count). The summed E-state index contributed by atoms with van der Waals surface area (Å²) in [6.07, 6.45) is 7.87. The average molecular weight is 419 g/mol. The lowest BCUT2D eigenvalue weighted by Crippen LogP contribution is -2.27. The molecule has 0 radical (unpaired) electrons. The summed E-state index contributed by atoms with van der Waals surface area (Å²) in [5.74, 6) is 0.834. The summed E-state index contributed by atoms with van der Waals surface area (Å²) in [4.78, 5) is 0. The number of hydrogen-bond donors (Lipinski definition) is 1. The predicted octanol–water partition coefficient (Wildman–Crippen LogP) is 5.12. The molecule has 0 aromatic heterocycles. The Bertz CT molecular complexity index is 515. The van der Waals surface area contributed by atoms with Crippen molar-refractivity contribution in [2.75, 3.05) is 19.0 Å².